The molecule has 0 aliphatic carbocycles. The summed E-state index contributed by atoms with van der Waals surface area (Å²) in [6.45, 7) is 3.86. The number of carbonyl (C=O) groups is 1. The van der Waals surface area contributed by atoms with Crippen molar-refractivity contribution in [3.63, 3.8) is 0 Å². The number of aromatic nitrogens is 3. The zero-order valence-electron chi connectivity index (χ0n) is 16.6. The second kappa shape index (κ2) is 8.86. The first-order valence-corrected chi connectivity index (χ1v) is 9.86. The van der Waals surface area contributed by atoms with E-state index in [0.29, 0.717) is 23.2 Å². The van der Waals surface area contributed by atoms with Gasteiger partial charge in [0, 0.05) is 18.7 Å². The topological polar surface area (TPSA) is 80.2 Å². The number of nitrogens with one attached hydrogen (secondary N) is 1. The van der Waals surface area contributed by atoms with Crippen molar-refractivity contribution in [2.45, 2.75) is 19.8 Å². The Labute approximate surface area is 174 Å². The number of piperidine rings is 1. The van der Waals surface area contributed by atoms with Gasteiger partial charge in [-0.25, -0.2) is 4.39 Å². The van der Waals surface area contributed by atoms with Gasteiger partial charge in [-0.3, -0.25) is 4.79 Å². The van der Waals surface area contributed by atoms with Gasteiger partial charge in [-0.15, -0.1) is 0 Å². The first kappa shape index (κ1) is 19.8. The Morgan fingerprint density at radius 3 is 2.67 bits per heavy atom. The van der Waals surface area contributed by atoms with Gasteiger partial charge in [0.2, 0.25) is 11.9 Å². The van der Waals surface area contributed by atoms with Crippen molar-refractivity contribution in [1.29, 1.82) is 0 Å². The summed E-state index contributed by atoms with van der Waals surface area (Å²) < 4.78 is 19.9. The predicted molar refractivity (Wildman–Crippen MR) is 112 cm³/mol. The highest BCUT2D eigenvalue weighted by molar-refractivity contribution is 5.74. The molecular formula is C22H22FN5O2. The first-order valence-electron chi connectivity index (χ1n) is 9.86. The number of benzene rings is 2. The Kier molecular flexibility index (Phi) is 5.83. The lowest BCUT2D eigenvalue weighted by molar-refractivity contribution is 0.112. The van der Waals surface area contributed by atoms with Crippen LogP contribution in [0, 0.1) is 11.7 Å². The van der Waals surface area contributed by atoms with Gasteiger partial charge < -0.3 is 15.0 Å². The van der Waals surface area contributed by atoms with Crippen LogP contribution in [0.3, 0.4) is 0 Å². The highest BCUT2D eigenvalue weighted by Gasteiger charge is 2.21. The smallest absolute Gasteiger partial charge is 0.328 e. The summed E-state index contributed by atoms with van der Waals surface area (Å²) in [5.41, 5.74) is 0.811. The SMILES string of the molecule is C[C@H]1CCCN(c2nc(Nc3ccccc3F)nc(Oc3ccc(C=O)cc3)n2)C1. The van der Waals surface area contributed by atoms with Crippen LogP contribution < -0.4 is 15.0 Å². The lowest BCUT2D eigenvalue weighted by Crippen LogP contribution is -2.35. The number of para-hydroxylation sites is 1. The lowest BCUT2D eigenvalue weighted by Gasteiger charge is -2.31. The number of rotatable bonds is 6. The van der Waals surface area contributed by atoms with E-state index in [-0.39, 0.29) is 17.6 Å². The van der Waals surface area contributed by atoms with E-state index >= 15 is 0 Å². The summed E-state index contributed by atoms with van der Waals surface area (Å²) in [7, 11) is 0. The molecule has 8 heteroatoms. The van der Waals surface area contributed by atoms with E-state index in [1.54, 1.807) is 42.5 Å². The first-order chi connectivity index (χ1) is 14.6. The van der Waals surface area contributed by atoms with Gasteiger partial charge in [0.15, 0.2) is 0 Å². The van der Waals surface area contributed by atoms with Gasteiger partial charge in [-0.2, -0.15) is 15.0 Å². The second-order valence-electron chi connectivity index (χ2n) is 7.33. The summed E-state index contributed by atoms with van der Waals surface area (Å²) in [6, 6.07) is 13.0. The van der Waals surface area contributed by atoms with Crippen molar-refractivity contribution >= 4 is 23.9 Å². The molecule has 2 aromatic carbocycles. The normalized spacial score (nSPS) is 16.2. The molecule has 3 aromatic rings. The van der Waals surface area contributed by atoms with Crippen LogP contribution in [0.2, 0.25) is 0 Å². The van der Waals surface area contributed by atoms with Crippen LogP contribution in [0.1, 0.15) is 30.1 Å². The highest BCUT2D eigenvalue weighted by atomic mass is 19.1. The molecule has 154 valence electrons. The van der Waals surface area contributed by atoms with Crippen LogP contribution >= 0.6 is 0 Å². The molecule has 0 unspecified atom stereocenters. The number of hydrogen-bond acceptors (Lipinski definition) is 7. The van der Waals surface area contributed by atoms with Crippen molar-refractivity contribution in [2.24, 2.45) is 5.92 Å². The van der Waals surface area contributed by atoms with Gasteiger partial charge in [0.1, 0.15) is 17.9 Å². The van der Waals surface area contributed by atoms with Crippen LogP contribution in [-0.2, 0) is 0 Å². The third kappa shape index (κ3) is 4.71. The number of hydrogen-bond donors (Lipinski definition) is 1. The molecule has 0 amide bonds. The average Bonchev–Trinajstić information content (AvgIpc) is 2.76. The van der Waals surface area contributed by atoms with E-state index in [9.17, 15) is 9.18 Å². The monoisotopic (exact) mass is 407 g/mol. The maximum absolute atomic E-state index is 14.1. The van der Waals surface area contributed by atoms with Crippen molar-refractivity contribution < 1.29 is 13.9 Å². The minimum atomic E-state index is -0.405. The van der Waals surface area contributed by atoms with E-state index in [1.807, 2.05) is 0 Å². The average molecular weight is 407 g/mol. The second-order valence-corrected chi connectivity index (χ2v) is 7.33. The predicted octanol–water partition coefficient (Wildman–Crippen LogP) is 4.60. The number of carbonyl (C=O) groups excluding carboxylic acids is 1. The van der Waals surface area contributed by atoms with Crippen LogP contribution in [0.25, 0.3) is 0 Å². The molecule has 1 fully saturated rings. The number of anilines is 3. The largest absolute Gasteiger partial charge is 0.424 e. The van der Waals surface area contributed by atoms with Gasteiger partial charge in [-0.05, 0) is 55.2 Å². The fraction of sp³-hybridized carbons (Fsp3) is 0.273. The molecule has 0 bridgehead atoms. The fourth-order valence-corrected chi connectivity index (χ4v) is 3.36. The molecule has 0 spiro atoms. The maximum Gasteiger partial charge on any atom is 0.328 e. The Balaban J connectivity index is 1.65. The molecule has 1 aliphatic rings. The fourth-order valence-electron chi connectivity index (χ4n) is 3.36. The minimum absolute atomic E-state index is 0.0934. The number of aldehydes is 1. The molecule has 7 nitrogen and oxygen atoms in total. The van der Waals surface area contributed by atoms with Gasteiger partial charge >= 0.3 is 6.01 Å². The van der Waals surface area contributed by atoms with E-state index in [2.05, 4.69) is 32.1 Å². The van der Waals surface area contributed by atoms with Crippen LogP contribution in [0.15, 0.2) is 48.5 Å². The molecule has 0 radical (unpaired) electrons. The zero-order valence-corrected chi connectivity index (χ0v) is 16.6. The van der Waals surface area contributed by atoms with Crippen molar-refractivity contribution in [2.75, 3.05) is 23.3 Å². The van der Waals surface area contributed by atoms with E-state index < -0.39 is 5.82 Å². The van der Waals surface area contributed by atoms with E-state index in [0.717, 1.165) is 32.2 Å². The Morgan fingerprint density at radius 2 is 1.93 bits per heavy atom. The Hall–Kier alpha value is -3.55. The molecule has 1 aromatic heterocycles. The number of halogens is 1. The molecule has 0 saturated carbocycles. The third-order valence-corrected chi connectivity index (χ3v) is 4.89. The van der Waals surface area contributed by atoms with Crippen molar-refractivity contribution in [3.8, 4) is 11.8 Å². The molecule has 2 heterocycles. The summed E-state index contributed by atoms with van der Waals surface area (Å²) >= 11 is 0. The third-order valence-electron chi connectivity index (χ3n) is 4.89. The molecule has 1 saturated heterocycles. The summed E-state index contributed by atoms with van der Waals surface area (Å²) in [5.74, 6) is 1.29. The standard InChI is InChI=1S/C22H22FN5O2/c1-15-5-4-12-28(13-15)21-25-20(24-19-7-3-2-6-18(19)23)26-22(27-21)30-17-10-8-16(14-29)9-11-17/h2-3,6-11,14-15H,4-5,12-13H2,1H3,(H,24,25,26,27)/t15-/m0/s1. The van der Waals surface area contributed by atoms with Crippen LogP contribution in [0.5, 0.6) is 11.8 Å². The molecular weight excluding hydrogens is 385 g/mol. The number of ether oxygens (including phenoxy) is 1. The molecule has 1 atom stereocenters. The minimum Gasteiger partial charge on any atom is -0.424 e. The zero-order chi connectivity index (χ0) is 20.9. The summed E-state index contributed by atoms with van der Waals surface area (Å²) in [4.78, 5) is 26.2. The Morgan fingerprint density at radius 1 is 1.13 bits per heavy atom. The van der Waals surface area contributed by atoms with E-state index in [1.165, 1.54) is 6.07 Å². The van der Waals surface area contributed by atoms with Gasteiger partial charge in [0.25, 0.3) is 0 Å². The molecule has 30 heavy (non-hydrogen) atoms. The van der Waals surface area contributed by atoms with Gasteiger partial charge in [0.05, 0.1) is 5.69 Å². The molecule has 1 N–H and O–H groups in total. The highest BCUT2D eigenvalue weighted by Crippen LogP contribution is 2.26. The number of nitrogens with zero attached hydrogens (tertiary/aromatic N) is 4. The summed E-state index contributed by atoms with van der Waals surface area (Å²) in [6.07, 6.45) is 2.97. The van der Waals surface area contributed by atoms with E-state index in [4.69, 9.17) is 4.74 Å². The van der Waals surface area contributed by atoms with Crippen LogP contribution in [-0.4, -0.2) is 34.3 Å². The van der Waals surface area contributed by atoms with Crippen LogP contribution in [0.4, 0.5) is 22.0 Å². The van der Waals surface area contributed by atoms with Crippen molar-refractivity contribution in [3.05, 3.63) is 59.9 Å². The molecule has 4 rings (SSSR count). The summed E-state index contributed by atoms with van der Waals surface area (Å²) in [5, 5.41) is 2.92. The maximum atomic E-state index is 14.1. The Bertz CT molecular complexity index is 1030. The quantitative estimate of drug-likeness (QED) is 0.598. The molecule has 1 aliphatic heterocycles. The van der Waals surface area contributed by atoms with Gasteiger partial charge in [-0.1, -0.05) is 19.1 Å². The van der Waals surface area contributed by atoms with Crippen molar-refractivity contribution in [1.82, 2.24) is 15.0 Å². The lowest BCUT2D eigenvalue weighted by atomic mass is 10.0.